The summed E-state index contributed by atoms with van der Waals surface area (Å²) >= 11 is 0. The summed E-state index contributed by atoms with van der Waals surface area (Å²) in [5.74, 6) is -1.95. The lowest BCUT2D eigenvalue weighted by Crippen LogP contribution is -2.55. The highest BCUT2D eigenvalue weighted by Crippen LogP contribution is 2.26. The normalized spacial score (nSPS) is 18.7. The van der Waals surface area contributed by atoms with Gasteiger partial charge in [0, 0.05) is 31.3 Å². The van der Waals surface area contributed by atoms with Crippen LogP contribution < -0.4 is 4.90 Å². The van der Waals surface area contributed by atoms with Gasteiger partial charge in [-0.2, -0.15) is 0 Å². The predicted octanol–water partition coefficient (Wildman–Crippen LogP) is 3.65. The molecule has 1 aliphatic heterocycles. The Labute approximate surface area is 144 Å². The zero-order valence-electron chi connectivity index (χ0n) is 14.1. The van der Waals surface area contributed by atoms with Crippen molar-refractivity contribution < 1.29 is 18.0 Å². The Balaban J connectivity index is 1.78. The van der Waals surface area contributed by atoms with Crippen LogP contribution in [-0.2, 0) is 11.3 Å². The standard InChI is InChI=1S/C19H19F3N2O/c1-12-3-6-16(21)18(9-12)24-8-7-23(13(2)19(24)25)11-14-4-5-15(20)10-17(14)22/h3-6,9-10,13H,7-8,11H2,1-2H3. The van der Waals surface area contributed by atoms with Crippen molar-refractivity contribution >= 4 is 11.6 Å². The number of nitrogens with zero attached hydrogens (tertiary/aromatic N) is 2. The minimum absolute atomic E-state index is 0.198. The maximum Gasteiger partial charge on any atom is 0.244 e. The fourth-order valence-corrected chi connectivity index (χ4v) is 3.07. The number of rotatable bonds is 3. The predicted molar refractivity (Wildman–Crippen MR) is 89.7 cm³/mol. The summed E-state index contributed by atoms with van der Waals surface area (Å²) in [6, 6.07) is 7.54. The van der Waals surface area contributed by atoms with Crippen molar-refractivity contribution in [2.24, 2.45) is 0 Å². The second-order valence-electron chi connectivity index (χ2n) is 6.33. The van der Waals surface area contributed by atoms with Crippen LogP contribution in [0.4, 0.5) is 18.9 Å². The molecule has 1 heterocycles. The van der Waals surface area contributed by atoms with E-state index in [9.17, 15) is 18.0 Å². The number of aryl methyl sites for hydroxylation is 1. The van der Waals surface area contributed by atoms with Crippen molar-refractivity contribution in [2.45, 2.75) is 26.4 Å². The van der Waals surface area contributed by atoms with Crippen molar-refractivity contribution in [3.63, 3.8) is 0 Å². The summed E-state index contributed by atoms with van der Waals surface area (Å²) in [5.41, 5.74) is 1.47. The molecule has 132 valence electrons. The second kappa shape index (κ2) is 6.88. The van der Waals surface area contributed by atoms with Crippen LogP contribution in [0, 0.1) is 24.4 Å². The number of benzene rings is 2. The van der Waals surface area contributed by atoms with Crippen molar-refractivity contribution in [1.82, 2.24) is 4.90 Å². The molecule has 2 aromatic rings. The Hall–Kier alpha value is -2.34. The van der Waals surface area contributed by atoms with E-state index in [1.54, 1.807) is 19.1 Å². The highest BCUT2D eigenvalue weighted by molar-refractivity contribution is 5.97. The summed E-state index contributed by atoms with van der Waals surface area (Å²) < 4.78 is 41.0. The van der Waals surface area contributed by atoms with Gasteiger partial charge in [0.15, 0.2) is 0 Å². The van der Waals surface area contributed by atoms with Crippen LogP contribution >= 0.6 is 0 Å². The van der Waals surface area contributed by atoms with Gasteiger partial charge in [-0.3, -0.25) is 9.69 Å². The number of hydrogen-bond donors (Lipinski definition) is 0. The monoisotopic (exact) mass is 348 g/mol. The molecule has 25 heavy (non-hydrogen) atoms. The first-order valence-electron chi connectivity index (χ1n) is 8.12. The third kappa shape index (κ3) is 3.54. The minimum atomic E-state index is -0.634. The highest BCUT2D eigenvalue weighted by atomic mass is 19.1. The summed E-state index contributed by atoms with van der Waals surface area (Å²) in [6.45, 7) is 4.53. The molecule has 1 atom stereocenters. The van der Waals surface area contributed by atoms with E-state index in [0.717, 1.165) is 11.6 Å². The van der Waals surface area contributed by atoms with Gasteiger partial charge in [0.1, 0.15) is 17.5 Å². The lowest BCUT2D eigenvalue weighted by Gasteiger charge is -2.39. The van der Waals surface area contributed by atoms with Crippen LogP contribution in [0.1, 0.15) is 18.1 Å². The third-order valence-electron chi connectivity index (χ3n) is 4.56. The molecule has 0 saturated carbocycles. The molecule has 1 fully saturated rings. The molecule has 3 rings (SSSR count). The smallest absolute Gasteiger partial charge is 0.244 e. The second-order valence-corrected chi connectivity index (χ2v) is 6.33. The van der Waals surface area contributed by atoms with Crippen LogP contribution in [0.15, 0.2) is 36.4 Å². The van der Waals surface area contributed by atoms with Crippen molar-refractivity contribution in [3.05, 3.63) is 65.0 Å². The SMILES string of the molecule is Cc1ccc(F)c(N2CCN(Cc3ccc(F)cc3F)C(C)C2=O)c1. The van der Waals surface area contributed by atoms with Gasteiger partial charge in [-0.25, -0.2) is 13.2 Å². The summed E-state index contributed by atoms with van der Waals surface area (Å²) in [5, 5.41) is 0. The van der Waals surface area contributed by atoms with Crippen LogP contribution in [0.3, 0.4) is 0 Å². The number of amides is 1. The van der Waals surface area contributed by atoms with Crippen LogP contribution in [-0.4, -0.2) is 29.9 Å². The molecule has 0 N–H and O–H groups in total. The van der Waals surface area contributed by atoms with E-state index in [1.165, 1.54) is 23.1 Å². The maximum absolute atomic E-state index is 14.1. The average Bonchev–Trinajstić information content (AvgIpc) is 2.57. The Bertz CT molecular complexity index is 809. The van der Waals surface area contributed by atoms with Gasteiger partial charge in [0.25, 0.3) is 0 Å². The first-order chi connectivity index (χ1) is 11.9. The van der Waals surface area contributed by atoms with E-state index in [1.807, 2.05) is 11.8 Å². The molecular weight excluding hydrogens is 329 g/mol. The van der Waals surface area contributed by atoms with Gasteiger partial charge in [0.2, 0.25) is 5.91 Å². The number of carbonyl (C=O) groups excluding carboxylic acids is 1. The van der Waals surface area contributed by atoms with Gasteiger partial charge in [-0.1, -0.05) is 12.1 Å². The van der Waals surface area contributed by atoms with Crippen molar-refractivity contribution in [2.75, 3.05) is 18.0 Å². The van der Waals surface area contributed by atoms with E-state index < -0.39 is 23.5 Å². The van der Waals surface area contributed by atoms with E-state index in [2.05, 4.69) is 0 Å². The largest absolute Gasteiger partial charge is 0.307 e. The molecule has 1 amide bonds. The van der Waals surface area contributed by atoms with Gasteiger partial charge in [-0.15, -0.1) is 0 Å². The molecule has 6 heteroatoms. The lowest BCUT2D eigenvalue weighted by molar-refractivity contribution is -0.125. The van der Waals surface area contributed by atoms with Crippen LogP contribution in [0.25, 0.3) is 0 Å². The number of halogens is 3. The van der Waals surface area contributed by atoms with Crippen molar-refractivity contribution in [3.8, 4) is 0 Å². The highest BCUT2D eigenvalue weighted by Gasteiger charge is 2.33. The molecule has 2 aromatic carbocycles. The topological polar surface area (TPSA) is 23.6 Å². The fourth-order valence-electron chi connectivity index (χ4n) is 3.07. The maximum atomic E-state index is 14.1. The van der Waals surface area contributed by atoms with Crippen LogP contribution in [0.2, 0.25) is 0 Å². The fraction of sp³-hybridized carbons (Fsp3) is 0.316. The summed E-state index contributed by atoms with van der Waals surface area (Å²) in [7, 11) is 0. The van der Waals surface area contributed by atoms with Gasteiger partial charge < -0.3 is 4.90 Å². The lowest BCUT2D eigenvalue weighted by atomic mass is 10.1. The zero-order chi connectivity index (χ0) is 18.1. The molecular formula is C19H19F3N2O. The van der Waals surface area contributed by atoms with E-state index in [-0.39, 0.29) is 18.1 Å². The van der Waals surface area contributed by atoms with Crippen molar-refractivity contribution in [1.29, 1.82) is 0 Å². The zero-order valence-corrected chi connectivity index (χ0v) is 14.1. The molecule has 0 radical (unpaired) electrons. The number of piperazine rings is 1. The Morgan fingerprint density at radius 3 is 2.52 bits per heavy atom. The third-order valence-corrected chi connectivity index (χ3v) is 4.56. The number of anilines is 1. The summed E-state index contributed by atoms with van der Waals surface area (Å²) in [6.07, 6.45) is 0. The minimum Gasteiger partial charge on any atom is -0.307 e. The van der Waals surface area contributed by atoms with E-state index in [4.69, 9.17) is 0 Å². The molecule has 1 saturated heterocycles. The molecule has 1 unspecified atom stereocenters. The Kier molecular flexibility index (Phi) is 4.81. The molecule has 0 aliphatic carbocycles. The van der Waals surface area contributed by atoms with Gasteiger partial charge in [0.05, 0.1) is 11.7 Å². The Morgan fingerprint density at radius 1 is 1.04 bits per heavy atom. The number of carbonyl (C=O) groups is 1. The molecule has 0 spiro atoms. The Morgan fingerprint density at radius 2 is 1.80 bits per heavy atom. The van der Waals surface area contributed by atoms with E-state index >= 15 is 0 Å². The quantitative estimate of drug-likeness (QED) is 0.845. The number of hydrogen-bond acceptors (Lipinski definition) is 2. The summed E-state index contributed by atoms with van der Waals surface area (Å²) in [4.78, 5) is 15.9. The molecule has 1 aliphatic rings. The first-order valence-corrected chi connectivity index (χ1v) is 8.12. The van der Waals surface area contributed by atoms with Gasteiger partial charge in [-0.05, 0) is 37.6 Å². The van der Waals surface area contributed by atoms with E-state index in [0.29, 0.717) is 18.7 Å². The van der Waals surface area contributed by atoms with Gasteiger partial charge >= 0.3 is 0 Å². The van der Waals surface area contributed by atoms with Crippen LogP contribution in [0.5, 0.6) is 0 Å². The first kappa shape index (κ1) is 17.5. The molecule has 0 aromatic heterocycles. The molecule has 0 bridgehead atoms. The molecule has 3 nitrogen and oxygen atoms in total. The average molecular weight is 348 g/mol.